The van der Waals surface area contributed by atoms with Gasteiger partial charge in [-0.3, -0.25) is 0 Å². The van der Waals surface area contributed by atoms with Crippen molar-refractivity contribution in [1.82, 2.24) is 4.98 Å². The van der Waals surface area contributed by atoms with Gasteiger partial charge in [0.1, 0.15) is 5.01 Å². The number of nitrogens with zero attached hydrogens (tertiary/aromatic N) is 2. The molecule has 0 bridgehead atoms. The maximum atomic E-state index is 5.02. The largest absolute Gasteiger partial charge is 0.310 e. The van der Waals surface area contributed by atoms with E-state index >= 15 is 0 Å². The molecule has 5 heteroatoms. The third-order valence-corrected chi connectivity index (χ3v) is 14.7. The topological polar surface area (TPSA) is 16.1 Å². The van der Waals surface area contributed by atoms with E-state index in [9.17, 15) is 0 Å². The highest BCUT2D eigenvalue weighted by Gasteiger charge is 2.18. The summed E-state index contributed by atoms with van der Waals surface area (Å²) in [6.45, 7) is 0. The Morgan fingerprint density at radius 3 is 1.86 bits per heavy atom. The van der Waals surface area contributed by atoms with E-state index in [2.05, 4.69) is 199 Å². The third-order valence-electron chi connectivity index (χ3n) is 11.3. The zero-order valence-electron chi connectivity index (χ0n) is 31.1. The highest BCUT2D eigenvalue weighted by Crippen LogP contribution is 2.45. The van der Waals surface area contributed by atoms with E-state index in [0.717, 1.165) is 27.6 Å². The molecule has 0 amide bonds. The zero-order chi connectivity index (χ0) is 38.2. The van der Waals surface area contributed by atoms with Gasteiger partial charge in [-0.05, 0) is 99.8 Å². The predicted molar refractivity (Wildman–Crippen MR) is 254 cm³/mol. The van der Waals surface area contributed by atoms with Crippen LogP contribution in [-0.2, 0) is 0 Å². The Morgan fingerprint density at radius 2 is 1.02 bits per heavy atom. The summed E-state index contributed by atoms with van der Waals surface area (Å²) in [7, 11) is 0. The van der Waals surface area contributed by atoms with Crippen molar-refractivity contribution in [2.45, 2.75) is 0 Å². The van der Waals surface area contributed by atoms with Crippen LogP contribution in [0.3, 0.4) is 0 Å². The van der Waals surface area contributed by atoms with Gasteiger partial charge in [-0.15, -0.1) is 34.0 Å². The fraction of sp³-hybridized carbons (Fsp3) is 0. The lowest BCUT2D eigenvalue weighted by atomic mass is 9.98. The monoisotopic (exact) mass is 792 g/mol. The molecule has 12 aromatic rings. The highest BCUT2D eigenvalue weighted by molar-refractivity contribution is 7.28. The quantitative estimate of drug-likeness (QED) is 0.167. The second-order valence-corrected chi connectivity index (χ2v) is 17.9. The van der Waals surface area contributed by atoms with Crippen LogP contribution in [-0.4, -0.2) is 4.98 Å². The summed E-state index contributed by atoms with van der Waals surface area (Å²) in [4.78, 5) is 7.42. The van der Waals surface area contributed by atoms with Gasteiger partial charge in [0.2, 0.25) is 0 Å². The average molecular weight is 793 g/mol. The molecule has 0 aliphatic carbocycles. The number of benzene rings is 9. The minimum absolute atomic E-state index is 1.06. The fourth-order valence-corrected chi connectivity index (χ4v) is 11.9. The minimum atomic E-state index is 1.06. The van der Waals surface area contributed by atoms with Gasteiger partial charge in [0.05, 0.1) is 10.2 Å². The number of thiophene rings is 2. The molecule has 0 saturated heterocycles. The number of hydrogen-bond donors (Lipinski definition) is 0. The maximum Gasteiger partial charge on any atom is 0.124 e. The van der Waals surface area contributed by atoms with E-state index in [1.165, 1.54) is 83.6 Å². The van der Waals surface area contributed by atoms with Crippen molar-refractivity contribution in [1.29, 1.82) is 0 Å². The van der Waals surface area contributed by atoms with Crippen LogP contribution in [0.5, 0.6) is 0 Å². The standard InChI is InChI=1S/C53H32N2S3/c1-2-10-36(11-3-1)53-54-46-28-30-49-51(52(46)58-53)44-27-21-37(31-50(44)57-49)33-17-22-38(23-18-33)55(40-26-29-48-45(32-40)43-14-6-7-16-47(43)56-48)39-24-19-35(20-25-39)42-15-8-12-34-9-4-5-13-41(34)42/h1-32H. The average Bonchev–Trinajstić information content (AvgIpc) is 4.00. The van der Waals surface area contributed by atoms with Crippen molar-refractivity contribution >= 4 is 112 Å². The lowest BCUT2D eigenvalue weighted by Crippen LogP contribution is -2.09. The molecule has 0 atom stereocenters. The molecule has 9 aromatic carbocycles. The van der Waals surface area contributed by atoms with Gasteiger partial charge in [-0.2, -0.15) is 0 Å². The Balaban J connectivity index is 0.936. The van der Waals surface area contributed by atoms with E-state index in [0.29, 0.717) is 0 Å². The molecule has 0 fully saturated rings. The first-order valence-corrected chi connectivity index (χ1v) is 21.9. The molecule has 12 rings (SSSR count). The summed E-state index contributed by atoms with van der Waals surface area (Å²) in [5.74, 6) is 0. The molecule has 0 spiro atoms. The van der Waals surface area contributed by atoms with Gasteiger partial charge < -0.3 is 4.90 Å². The smallest absolute Gasteiger partial charge is 0.124 e. The van der Waals surface area contributed by atoms with Crippen LogP contribution in [0.4, 0.5) is 17.1 Å². The Morgan fingerprint density at radius 1 is 0.362 bits per heavy atom. The molecular weight excluding hydrogens is 761 g/mol. The Labute approximate surface area is 347 Å². The van der Waals surface area contributed by atoms with Gasteiger partial charge in [0, 0.05) is 63.0 Å². The second kappa shape index (κ2) is 13.5. The van der Waals surface area contributed by atoms with E-state index in [1.54, 1.807) is 11.3 Å². The highest BCUT2D eigenvalue weighted by atomic mass is 32.1. The van der Waals surface area contributed by atoms with Crippen molar-refractivity contribution in [3.63, 3.8) is 0 Å². The van der Waals surface area contributed by atoms with Gasteiger partial charge >= 0.3 is 0 Å². The SMILES string of the molecule is c1ccc(-c2nc3ccc4sc5cc(-c6ccc(N(c7ccc(-c8cccc9ccccc89)cc7)c7ccc8sc9ccccc9c8c7)cc6)ccc5c4c3s2)cc1. The van der Waals surface area contributed by atoms with Gasteiger partial charge in [0.15, 0.2) is 0 Å². The number of hydrogen-bond acceptors (Lipinski definition) is 5. The lowest BCUT2D eigenvalue weighted by molar-refractivity contribution is 1.29. The van der Waals surface area contributed by atoms with Crippen molar-refractivity contribution in [2.24, 2.45) is 0 Å². The van der Waals surface area contributed by atoms with E-state index < -0.39 is 0 Å². The van der Waals surface area contributed by atoms with E-state index in [1.807, 2.05) is 22.7 Å². The van der Waals surface area contributed by atoms with Crippen LogP contribution in [0.1, 0.15) is 0 Å². The normalized spacial score (nSPS) is 11.8. The predicted octanol–water partition coefficient (Wildman–Crippen LogP) is 16.7. The molecule has 0 unspecified atom stereocenters. The lowest BCUT2D eigenvalue weighted by Gasteiger charge is -2.26. The summed E-state index contributed by atoms with van der Waals surface area (Å²) >= 11 is 5.52. The number of anilines is 3. The van der Waals surface area contributed by atoms with E-state index in [4.69, 9.17) is 4.98 Å². The van der Waals surface area contributed by atoms with Crippen LogP contribution in [0, 0.1) is 0 Å². The molecule has 58 heavy (non-hydrogen) atoms. The number of fused-ring (bicyclic) bond motifs is 9. The summed E-state index contributed by atoms with van der Waals surface area (Å²) < 4.78 is 6.47. The third kappa shape index (κ3) is 5.54. The van der Waals surface area contributed by atoms with Crippen LogP contribution < -0.4 is 4.90 Å². The first kappa shape index (κ1) is 33.5. The molecule has 0 radical (unpaired) electrons. The van der Waals surface area contributed by atoms with Crippen molar-refractivity contribution in [3.8, 4) is 32.8 Å². The second-order valence-electron chi connectivity index (χ2n) is 14.7. The molecule has 0 aliphatic heterocycles. The summed E-state index contributed by atoms with van der Waals surface area (Å²) in [6, 6.07) is 70.8. The first-order chi connectivity index (χ1) is 28.7. The summed E-state index contributed by atoms with van der Waals surface area (Å²) in [6.07, 6.45) is 0. The molecule has 0 aliphatic rings. The molecule has 0 N–H and O–H groups in total. The first-order valence-electron chi connectivity index (χ1n) is 19.4. The Kier molecular flexibility index (Phi) is 7.80. The Hall–Kier alpha value is -6.63. The van der Waals surface area contributed by atoms with Gasteiger partial charge in [0.25, 0.3) is 0 Å². The molecular formula is C53H32N2S3. The van der Waals surface area contributed by atoms with Crippen molar-refractivity contribution < 1.29 is 0 Å². The fourth-order valence-electron chi connectivity index (χ4n) is 8.50. The van der Waals surface area contributed by atoms with Crippen LogP contribution >= 0.6 is 34.0 Å². The van der Waals surface area contributed by atoms with Crippen LogP contribution in [0.15, 0.2) is 194 Å². The van der Waals surface area contributed by atoms with Crippen LogP contribution in [0.2, 0.25) is 0 Å². The van der Waals surface area contributed by atoms with E-state index in [-0.39, 0.29) is 0 Å². The Bertz CT molecular complexity index is 3500. The molecule has 2 nitrogen and oxygen atoms in total. The molecule has 0 saturated carbocycles. The maximum absolute atomic E-state index is 5.02. The van der Waals surface area contributed by atoms with Crippen molar-refractivity contribution in [3.05, 3.63) is 194 Å². The molecule has 3 aromatic heterocycles. The number of thiazole rings is 1. The molecule has 272 valence electrons. The number of aromatic nitrogens is 1. The minimum Gasteiger partial charge on any atom is -0.310 e. The number of rotatable bonds is 6. The van der Waals surface area contributed by atoms with Crippen LogP contribution in [0.25, 0.3) is 94.2 Å². The zero-order valence-corrected chi connectivity index (χ0v) is 33.5. The van der Waals surface area contributed by atoms with Gasteiger partial charge in [-0.1, -0.05) is 127 Å². The summed E-state index contributed by atoms with van der Waals surface area (Å²) in [5.41, 5.74) is 10.5. The molecule has 3 heterocycles. The van der Waals surface area contributed by atoms with Crippen molar-refractivity contribution in [2.75, 3.05) is 4.90 Å². The summed E-state index contributed by atoms with van der Waals surface area (Å²) in [5, 5.41) is 8.79. The van der Waals surface area contributed by atoms with Gasteiger partial charge in [-0.25, -0.2) is 4.98 Å².